The lowest BCUT2D eigenvalue weighted by atomic mass is 9.33. The van der Waals surface area contributed by atoms with E-state index in [2.05, 4.69) is 53.8 Å². The predicted molar refractivity (Wildman–Crippen MR) is 190 cm³/mol. The monoisotopic (exact) mass is 677 g/mol. The van der Waals surface area contributed by atoms with Crippen molar-refractivity contribution in [2.45, 2.75) is 146 Å². The number of carbonyl (C=O) groups is 3. The number of rotatable bonds is 10. The van der Waals surface area contributed by atoms with Crippen molar-refractivity contribution in [2.75, 3.05) is 6.54 Å². The molecule has 49 heavy (non-hydrogen) atoms. The summed E-state index contributed by atoms with van der Waals surface area (Å²) in [5.41, 5.74) is 1.79. The van der Waals surface area contributed by atoms with E-state index >= 15 is 0 Å². The zero-order valence-corrected chi connectivity index (χ0v) is 31.8. The Kier molecular flexibility index (Phi) is 9.19. The minimum Gasteiger partial charge on any atom is -0.481 e. The molecule has 0 aromatic carbocycles. The van der Waals surface area contributed by atoms with Crippen LogP contribution in [-0.2, 0) is 25.7 Å². The van der Waals surface area contributed by atoms with Crippen LogP contribution in [0.15, 0.2) is 34.0 Å². The summed E-state index contributed by atoms with van der Waals surface area (Å²) in [7, 11) is 0. The van der Waals surface area contributed by atoms with Gasteiger partial charge in [0.05, 0.1) is 36.6 Å². The summed E-state index contributed by atoms with van der Waals surface area (Å²) in [4.78, 5) is 39.1. The summed E-state index contributed by atoms with van der Waals surface area (Å²) < 4.78 is 11.7. The number of carbonyl (C=O) groups excluding carboxylic acids is 2. The molecule has 1 unspecified atom stereocenters. The van der Waals surface area contributed by atoms with Crippen LogP contribution in [0.3, 0.4) is 0 Å². The third-order valence-corrected chi connectivity index (χ3v) is 15.7. The number of ketones is 1. The van der Waals surface area contributed by atoms with E-state index in [1.807, 2.05) is 12.1 Å². The molecule has 0 spiro atoms. The molecular formula is C42H63NO6. The first-order chi connectivity index (χ1) is 22.8. The topological polar surface area (TPSA) is 106 Å². The molecule has 5 aliphatic rings. The number of nitrogens with one attached hydrogen (secondary N) is 1. The highest BCUT2D eigenvalue weighted by Gasteiger charge is 2.70. The smallest absolute Gasteiger partial charge is 0.309 e. The number of fused-ring (bicyclic) bond motifs is 7. The van der Waals surface area contributed by atoms with Gasteiger partial charge in [-0.3, -0.25) is 14.4 Å². The first-order valence-electron chi connectivity index (χ1n) is 19.3. The maximum atomic E-state index is 14.4. The molecule has 0 radical (unpaired) electrons. The van der Waals surface area contributed by atoms with E-state index in [9.17, 15) is 19.5 Å². The standard InChI is InChI=1S/C42H63NO6/c1-26(2)28-14-19-42(32(44)25-43-24-27-11-10-22-48-27)21-20-40(8)29(35(28)42)12-13-31-39(7)17-16-33(49-34(45)23-37(3,4)36(46)47)38(5,6)30(39)15-18-41(31,40)9/h10-11,22,26,29-31,33,43H,12-21,23-25H2,1-9H3,(H,46,47)/t29-,30?,31-,33+,39+,40-,41-,42-/m1/s1. The fourth-order valence-corrected chi connectivity index (χ4v) is 12.8. The van der Waals surface area contributed by atoms with Crippen LogP contribution >= 0.6 is 0 Å². The maximum absolute atomic E-state index is 14.4. The van der Waals surface area contributed by atoms with Gasteiger partial charge in [0.2, 0.25) is 0 Å². The number of hydrogen-bond acceptors (Lipinski definition) is 6. The van der Waals surface area contributed by atoms with E-state index in [-0.39, 0.29) is 39.6 Å². The second kappa shape index (κ2) is 12.4. The van der Waals surface area contributed by atoms with Gasteiger partial charge in [0.25, 0.3) is 0 Å². The number of hydrogen-bond donors (Lipinski definition) is 2. The largest absolute Gasteiger partial charge is 0.481 e. The number of carboxylic acids is 1. The Labute approximate surface area is 294 Å². The summed E-state index contributed by atoms with van der Waals surface area (Å²) in [5.74, 6) is 1.71. The Morgan fingerprint density at radius 1 is 0.959 bits per heavy atom. The molecule has 0 aliphatic heterocycles. The lowest BCUT2D eigenvalue weighted by molar-refractivity contribution is -0.233. The van der Waals surface area contributed by atoms with E-state index in [1.165, 1.54) is 12.0 Å². The fourth-order valence-electron chi connectivity index (χ4n) is 12.8. The summed E-state index contributed by atoms with van der Waals surface area (Å²) in [5, 5.41) is 13.0. The number of ether oxygens (including phenoxy) is 1. The van der Waals surface area contributed by atoms with Gasteiger partial charge >= 0.3 is 11.9 Å². The Bertz CT molecular complexity index is 1490. The third-order valence-electron chi connectivity index (χ3n) is 15.7. The van der Waals surface area contributed by atoms with E-state index in [0.717, 1.165) is 63.5 Å². The van der Waals surface area contributed by atoms with Crippen LogP contribution in [0, 0.1) is 56.2 Å². The molecule has 8 atom stereocenters. The second-order valence-electron chi connectivity index (χ2n) is 19.1. The van der Waals surface area contributed by atoms with Gasteiger partial charge in [-0.15, -0.1) is 0 Å². The molecule has 7 nitrogen and oxygen atoms in total. The van der Waals surface area contributed by atoms with Crippen molar-refractivity contribution in [1.82, 2.24) is 5.32 Å². The molecule has 0 amide bonds. The van der Waals surface area contributed by atoms with Crippen LogP contribution in [0.25, 0.3) is 0 Å². The van der Waals surface area contributed by atoms with Gasteiger partial charge in [0, 0.05) is 5.41 Å². The van der Waals surface area contributed by atoms with Crippen molar-refractivity contribution in [3.05, 3.63) is 35.3 Å². The highest BCUT2D eigenvalue weighted by atomic mass is 16.5. The zero-order chi connectivity index (χ0) is 35.8. The van der Waals surface area contributed by atoms with Gasteiger partial charge in [-0.1, -0.05) is 59.6 Å². The lowest BCUT2D eigenvalue weighted by Crippen LogP contribution is -2.66. The maximum Gasteiger partial charge on any atom is 0.309 e. The van der Waals surface area contributed by atoms with Gasteiger partial charge < -0.3 is 19.6 Å². The average molecular weight is 678 g/mol. The first kappa shape index (κ1) is 36.4. The van der Waals surface area contributed by atoms with Gasteiger partial charge in [0.1, 0.15) is 11.9 Å². The van der Waals surface area contributed by atoms with Crippen molar-refractivity contribution in [2.24, 2.45) is 56.2 Å². The van der Waals surface area contributed by atoms with Crippen LogP contribution in [0.4, 0.5) is 0 Å². The number of esters is 1. The molecular weight excluding hydrogens is 614 g/mol. The molecule has 6 rings (SSSR count). The molecule has 0 saturated heterocycles. The van der Waals surface area contributed by atoms with E-state index in [1.54, 1.807) is 25.7 Å². The van der Waals surface area contributed by atoms with Crippen LogP contribution in [0.5, 0.6) is 0 Å². The van der Waals surface area contributed by atoms with Crippen molar-refractivity contribution in [3.63, 3.8) is 0 Å². The van der Waals surface area contributed by atoms with Crippen molar-refractivity contribution in [1.29, 1.82) is 0 Å². The lowest BCUT2D eigenvalue weighted by Gasteiger charge is -2.72. The molecule has 4 saturated carbocycles. The van der Waals surface area contributed by atoms with Crippen LogP contribution < -0.4 is 5.32 Å². The van der Waals surface area contributed by atoms with Gasteiger partial charge in [-0.05, 0) is 130 Å². The molecule has 7 heteroatoms. The van der Waals surface area contributed by atoms with Gasteiger partial charge in [-0.25, -0.2) is 0 Å². The molecule has 4 fully saturated rings. The van der Waals surface area contributed by atoms with Crippen LogP contribution in [0.1, 0.15) is 139 Å². The second-order valence-corrected chi connectivity index (χ2v) is 19.1. The van der Waals surface area contributed by atoms with Gasteiger partial charge in [0.15, 0.2) is 5.78 Å². The van der Waals surface area contributed by atoms with Gasteiger partial charge in [-0.2, -0.15) is 0 Å². The highest BCUT2D eigenvalue weighted by molar-refractivity contribution is 5.91. The van der Waals surface area contributed by atoms with Crippen molar-refractivity contribution < 1.29 is 28.6 Å². The Morgan fingerprint density at radius 3 is 2.35 bits per heavy atom. The van der Waals surface area contributed by atoms with Crippen LogP contribution in [0.2, 0.25) is 0 Å². The SMILES string of the molecule is CC(C)C1=C2[C@H]3CC[C@@H]4[C@@]5(C)CC[C@H](OC(=O)CC(C)(C)C(=O)O)C(C)(C)C5CC[C@@]4(C)[C@]3(C)CC[C@@]2(C(=O)CNCc2ccco2)CC1. The van der Waals surface area contributed by atoms with E-state index in [4.69, 9.17) is 9.15 Å². The fraction of sp³-hybridized carbons (Fsp3) is 0.786. The normalized spacial score (nSPS) is 38.3. The number of furan rings is 1. The minimum absolute atomic E-state index is 0.116. The summed E-state index contributed by atoms with van der Waals surface area (Å²) in [6.45, 7) is 21.2. The average Bonchev–Trinajstić information content (AvgIpc) is 3.67. The highest BCUT2D eigenvalue weighted by Crippen LogP contribution is 2.77. The molecule has 0 bridgehead atoms. The molecule has 1 heterocycles. The molecule has 272 valence electrons. The quantitative estimate of drug-likeness (QED) is 0.188. The Hall–Kier alpha value is -2.41. The zero-order valence-electron chi connectivity index (χ0n) is 31.8. The number of allylic oxidation sites excluding steroid dienone is 2. The summed E-state index contributed by atoms with van der Waals surface area (Å²) in [6, 6.07) is 3.85. The predicted octanol–water partition coefficient (Wildman–Crippen LogP) is 9.15. The molecule has 5 aliphatic carbocycles. The number of carboxylic acid groups (broad SMARTS) is 1. The molecule has 2 N–H and O–H groups in total. The Morgan fingerprint density at radius 2 is 1.69 bits per heavy atom. The summed E-state index contributed by atoms with van der Waals surface area (Å²) >= 11 is 0. The molecule has 1 aromatic heterocycles. The summed E-state index contributed by atoms with van der Waals surface area (Å²) in [6.07, 6.45) is 11.8. The van der Waals surface area contributed by atoms with Crippen molar-refractivity contribution >= 4 is 17.7 Å². The van der Waals surface area contributed by atoms with Crippen LogP contribution in [-0.4, -0.2) is 35.5 Å². The minimum atomic E-state index is -1.14. The van der Waals surface area contributed by atoms with Crippen molar-refractivity contribution in [3.8, 4) is 0 Å². The van der Waals surface area contributed by atoms with E-state index in [0.29, 0.717) is 42.5 Å². The molecule has 1 aromatic rings. The Balaban J connectivity index is 1.25. The number of Topliss-reactive ketones (excluding diaryl/α,β-unsaturated/α-hetero) is 1. The number of aliphatic carboxylic acids is 1. The van der Waals surface area contributed by atoms with E-state index < -0.39 is 17.4 Å². The first-order valence-corrected chi connectivity index (χ1v) is 19.3. The third kappa shape index (κ3) is 5.58.